The minimum Gasteiger partial charge on any atom is -0.468 e. The molecule has 2 aromatic carbocycles. The molecule has 0 radical (unpaired) electrons. The van der Waals surface area contributed by atoms with E-state index in [1.165, 1.54) is 36.6 Å². The molecule has 0 aliphatic carbocycles. The van der Waals surface area contributed by atoms with Gasteiger partial charge in [-0.05, 0) is 31.2 Å². The molecule has 1 amide bonds. The van der Waals surface area contributed by atoms with Crippen molar-refractivity contribution in [1.29, 1.82) is 0 Å². The standard InChI is InChI=1S/C18H14BrN3O5S/c1-10-3-4-11(7-14(10)22(25)26)17(24)20-18-21(9-16(23)27-2)13-6-5-12(19)8-15(13)28-18/h3-8H,9H2,1-2H3. The molecule has 0 bridgehead atoms. The van der Waals surface area contributed by atoms with Crippen LogP contribution in [-0.2, 0) is 16.1 Å². The molecule has 1 heterocycles. The zero-order chi connectivity index (χ0) is 20.4. The Balaban J connectivity index is 2.14. The van der Waals surface area contributed by atoms with Crippen LogP contribution in [0.4, 0.5) is 5.69 Å². The summed E-state index contributed by atoms with van der Waals surface area (Å²) in [5, 5.41) is 11.1. The molecule has 0 fully saturated rings. The minimum atomic E-state index is -0.632. The monoisotopic (exact) mass is 463 g/mol. The van der Waals surface area contributed by atoms with Crippen LogP contribution in [0.5, 0.6) is 0 Å². The summed E-state index contributed by atoms with van der Waals surface area (Å²) in [5.41, 5.74) is 1.12. The van der Waals surface area contributed by atoms with Gasteiger partial charge < -0.3 is 9.30 Å². The van der Waals surface area contributed by atoms with Crippen molar-refractivity contribution in [2.75, 3.05) is 7.11 Å². The molecule has 3 aromatic rings. The lowest BCUT2D eigenvalue weighted by Crippen LogP contribution is -2.22. The van der Waals surface area contributed by atoms with E-state index in [4.69, 9.17) is 4.74 Å². The Morgan fingerprint density at radius 1 is 1.29 bits per heavy atom. The van der Waals surface area contributed by atoms with E-state index in [1.807, 2.05) is 12.1 Å². The number of methoxy groups -OCH3 is 1. The number of carbonyl (C=O) groups is 2. The predicted molar refractivity (Wildman–Crippen MR) is 107 cm³/mol. The fourth-order valence-electron chi connectivity index (χ4n) is 2.57. The van der Waals surface area contributed by atoms with Crippen LogP contribution in [-0.4, -0.2) is 28.5 Å². The molecule has 8 nitrogen and oxygen atoms in total. The fraction of sp³-hybridized carbons (Fsp3) is 0.167. The van der Waals surface area contributed by atoms with Gasteiger partial charge in [-0.2, -0.15) is 4.99 Å². The van der Waals surface area contributed by atoms with Crippen LogP contribution in [0.2, 0.25) is 0 Å². The molecule has 28 heavy (non-hydrogen) atoms. The second-order valence-electron chi connectivity index (χ2n) is 5.83. The van der Waals surface area contributed by atoms with E-state index >= 15 is 0 Å². The molecular formula is C18H14BrN3O5S. The van der Waals surface area contributed by atoms with Crippen molar-refractivity contribution in [3.63, 3.8) is 0 Å². The number of amides is 1. The molecule has 0 saturated carbocycles. The molecule has 3 rings (SSSR count). The smallest absolute Gasteiger partial charge is 0.325 e. The quantitative estimate of drug-likeness (QED) is 0.334. The van der Waals surface area contributed by atoms with Crippen molar-refractivity contribution in [2.45, 2.75) is 13.5 Å². The maximum absolute atomic E-state index is 12.6. The number of nitro benzene ring substituents is 1. The van der Waals surface area contributed by atoms with Gasteiger partial charge in [0.2, 0.25) is 0 Å². The molecule has 0 N–H and O–H groups in total. The van der Waals surface area contributed by atoms with Crippen molar-refractivity contribution in [2.24, 2.45) is 4.99 Å². The van der Waals surface area contributed by atoms with Gasteiger partial charge in [0.25, 0.3) is 11.6 Å². The Morgan fingerprint density at radius 3 is 2.71 bits per heavy atom. The first kappa shape index (κ1) is 19.9. The van der Waals surface area contributed by atoms with Gasteiger partial charge in [0.05, 0.1) is 22.2 Å². The van der Waals surface area contributed by atoms with Crippen LogP contribution in [0, 0.1) is 17.0 Å². The minimum absolute atomic E-state index is 0.0977. The van der Waals surface area contributed by atoms with E-state index in [0.717, 1.165) is 14.7 Å². The summed E-state index contributed by atoms with van der Waals surface area (Å²) in [7, 11) is 1.28. The van der Waals surface area contributed by atoms with Crippen LogP contribution in [0.1, 0.15) is 15.9 Å². The number of hydrogen-bond acceptors (Lipinski definition) is 6. The molecule has 0 unspecified atom stereocenters. The lowest BCUT2D eigenvalue weighted by Gasteiger charge is -2.04. The van der Waals surface area contributed by atoms with Crippen LogP contribution in [0.15, 0.2) is 45.9 Å². The van der Waals surface area contributed by atoms with Gasteiger partial charge in [-0.25, -0.2) is 0 Å². The van der Waals surface area contributed by atoms with E-state index < -0.39 is 16.8 Å². The van der Waals surface area contributed by atoms with E-state index in [9.17, 15) is 19.7 Å². The Labute approximate surface area is 171 Å². The maximum Gasteiger partial charge on any atom is 0.325 e. The molecule has 144 valence electrons. The molecule has 0 saturated heterocycles. The summed E-state index contributed by atoms with van der Waals surface area (Å²) < 4.78 is 7.98. The Hall–Kier alpha value is -2.85. The number of carbonyl (C=O) groups excluding carboxylic acids is 2. The number of fused-ring (bicyclic) bond motifs is 1. The molecule has 0 atom stereocenters. The van der Waals surface area contributed by atoms with Gasteiger partial charge in [-0.15, -0.1) is 0 Å². The number of ether oxygens (including phenoxy) is 1. The third kappa shape index (κ3) is 4.02. The zero-order valence-corrected chi connectivity index (χ0v) is 17.2. The molecular weight excluding hydrogens is 450 g/mol. The number of aromatic nitrogens is 1. The van der Waals surface area contributed by atoms with Gasteiger partial charge in [0.15, 0.2) is 4.80 Å². The van der Waals surface area contributed by atoms with E-state index in [0.29, 0.717) is 10.4 Å². The maximum atomic E-state index is 12.6. The van der Waals surface area contributed by atoms with Crippen molar-refractivity contribution in [1.82, 2.24) is 4.57 Å². The van der Waals surface area contributed by atoms with E-state index in [-0.39, 0.29) is 17.8 Å². The van der Waals surface area contributed by atoms with E-state index in [1.54, 1.807) is 17.6 Å². The Kier molecular flexibility index (Phi) is 5.71. The highest BCUT2D eigenvalue weighted by atomic mass is 79.9. The number of hydrogen-bond donors (Lipinski definition) is 0. The largest absolute Gasteiger partial charge is 0.468 e. The first-order valence-electron chi connectivity index (χ1n) is 8.00. The normalized spacial score (nSPS) is 11.6. The SMILES string of the molecule is COC(=O)Cn1c(=NC(=O)c2ccc(C)c([N+](=O)[O-])c2)sc2cc(Br)ccc21. The van der Waals surface area contributed by atoms with Gasteiger partial charge in [0.1, 0.15) is 6.54 Å². The van der Waals surface area contributed by atoms with Gasteiger partial charge in [0, 0.05) is 21.7 Å². The number of benzene rings is 2. The molecule has 0 aliphatic rings. The van der Waals surface area contributed by atoms with E-state index in [2.05, 4.69) is 20.9 Å². The molecule has 1 aromatic heterocycles. The van der Waals surface area contributed by atoms with Crippen molar-refractivity contribution < 1.29 is 19.2 Å². The highest BCUT2D eigenvalue weighted by Crippen LogP contribution is 2.23. The van der Waals surface area contributed by atoms with Crippen LogP contribution in [0.3, 0.4) is 0 Å². The highest BCUT2D eigenvalue weighted by Gasteiger charge is 2.16. The summed E-state index contributed by atoms with van der Waals surface area (Å²) in [6.45, 7) is 1.48. The zero-order valence-electron chi connectivity index (χ0n) is 14.8. The predicted octanol–water partition coefficient (Wildman–Crippen LogP) is 3.60. The summed E-state index contributed by atoms with van der Waals surface area (Å²) in [6, 6.07) is 9.68. The first-order valence-corrected chi connectivity index (χ1v) is 9.61. The van der Waals surface area contributed by atoms with Gasteiger partial charge in [-0.3, -0.25) is 19.7 Å². The lowest BCUT2D eigenvalue weighted by molar-refractivity contribution is -0.385. The summed E-state index contributed by atoms with van der Waals surface area (Å²) in [5.74, 6) is -1.12. The van der Waals surface area contributed by atoms with Crippen molar-refractivity contribution >= 4 is 55.0 Å². The van der Waals surface area contributed by atoms with Crippen molar-refractivity contribution in [3.8, 4) is 0 Å². The fourth-order valence-corrected chi connectivity index (χ4v) is 4.15. The number of aryl methyl sites for hydroxylation is 1. The molecule has 0 spiro atoms. The highest BCUT2D eigenvalue weighted by molar-refractivity contribution is 9.10. The number of rotatable bonds is 4. The van der Waals surface area contributed by atoms with Gasteiger partial charge >= 0.3 is 5.97 Å². The van der Waals surface area contributed by atoms with Gasteiger partial charge in [-0.1, -0.05) is 33.3 Å². The number of thiazole rings is 1. The Bertz CT molecular complexity index is 1180. The van der Waals surface area contributed by atoms with Crippen LogP contribution < -0.4 is 4.80 Å². The van der Waals surface area contributed by atoms with Crippen LogP contribution >= 0.6 is 27.3 Å². The molecule has 0 aliphatic heterocycles. The number of halogens is 1. The summed E-state index contributed by atoms with van der Waals surface area (Å²) in [4.78, 5) is 39.4. The second-order valence-corrected chi connectivity index (χ2v) is 7.76. The Morgan fingerprint density at radius 2 is 2.04 bits per heavy atom. The van der Waals surface area contributed by atoms with Crippen LogP contribution in [0.25, 0.3) is 10.2 Å². The molecule has 10 heteroatoms. The number of esters is 1. The average Bonchev–Trinajstić information content (AvgIpc) is 2.97. The lowest BCUT2D eigenvalue weighted by atomic mass is 10.1. The summed E-state index contributed by atoms with van der Waals surface area (Å²) in [6.07, 6.45) is 0. The third-order valence-electron chi connectivity index (χ3n) is 4.01. The topological polar surface area (TPSA) is 104 Å². The average molecular weight is 464 g/mol. The first-order chi connectivity index (χ1) is 13.3. The second kappa shape index (κ2) is 8.03. The number of nitro groups is 1. The van der Waals surface area contributed by atoms with Crippen molar-refractivity contribution in [3.05, 3.63) is 66.9 Å². The summed E-state index contributed by atoms with van der Waals surface area (Å²) >= 11 is 4.62. The number of nitrogens with zero attached hydrogens (tertiary/aromatic N) is 3. The third-order valence-corrected chi connectivity index (χ3v) is 5.54.